The largest absolute Gasteiger partial charge is 0.493 e. The summed E-state index contributed by atoms with van der Waals surface area (Å²) in [5.74, 6) is 1.38. The Morgan fingerprint density at radius 3 is 2.82 bits per heavy atom. The highest BCUT2D eigenvalue weighted by Gasteiger charge is 2.12. The van der Waals surface area contributed by atoms with Gasteiger partial charge in [-0.3, -0.25) is 0 Å². The fourth-order valence-electron chi connectivity index (χ4n) is 2.28. The van der Waals surface area contributed by atoms with E-state index in [2.05, 4.69) is 5.32 Å². The number of benzene rings is 1. The van der Waals surface area contributed by atoms with Crippen molar-refractivity contribution in [3.05, 3.63) is 29.6 Å². The van der Waals surface area contributed by atoms with E-state index in [1.165, 1.54) is 25.0 Å². The molecule has 1 aliphatic rings. The minimum absolute atomic E-state index is 0.201. The summed E-state index contributed by atoms with van der Waals surface area (Å²) in [4.78, 5) is 0. The van der Waals surface area contributed by atoms with Crippen molar-refractivity contribution in [1.82, 2.24) is 5.32 Å². The summed E-state index contributed by atoms with van der Waals surface area (Å²) in [6.45, 7) is 4.86. The highest BCUT2D eigenvalue weighted by Crippen LogP contribution is 2.20. The first-order chi connectivity index (χ1) is 8.25. The van der Waals surface area contributed by atoms with Crippen LogP contribution < -0.4 is 10.1 Å². The second kappa shape index (κ2) is 6.01. The van der Waals surface area contributed by atoms with Gasteiger partial charge >= 0.3 is 0 Å². The molecule has 0 bridgehead atoms. The van der Waals surface area contributed by atoms with Gasteiger partial charge in [0.15, 0.2) is 0 Å². The van der Waals surface area contributed by atoms with Crippen LogP contribution in [0.4, 0.5) is 4.39 Å². The average molecular weight is 237 g/mol. The van der Waals surface area contributed by atoms with E-state index in [1.54, 1.807) is 6.07 Å². The van der Waals surface area contributed by atoms with Crippen LogP contribution in [0.2, 0.25) is 0 Å². The Bertz CT molecular complexity index is 361. The number of piperidine rings is 1. The molecule has 94 valence electrons. The molecule has 2 nitrogen and oxygen atoms in total. The Morgan fingerprint density at radius 2 is 2.12 bits per heavy atom. The molecular formula is C14H20FNO. The van der Waals surface area contributed by atoms with Crippen molar-refractivity contribution >= 4 is 0 Å². The molecule has 1 saturated heterocycles. The molecule has 0 atom stereocenters. The Morgan fingerprint density at radius 1 is 1.35 bits per heavy atom. The lowest BCUT2D eigenvalue weighted by Crippen LogP contribution is -2.28. The molecule has 1 aliphatic heterocycles. The maximum Gasteiger partial charge on any atom is 0.123 e. The Labute approximate surface area is 102 Å². The third kappa shape index (κ3) is 3.70. The van der Waals surface area contributed by atoms with Gasteiger partial charge in [0.2, 0.25) is 0 Å². The molecule has 1 aromatic carbocycles. The first-order valence-corrected chi connectivity index (χ1v) is 6.35. The molecule has 1 aromatic rings. The van der Waals surface area contributed by atoms with Gasteiger partial charge in [0.25, 0.3) is 0 Å². The molecule has 1 N–H and O–H groups in total. The van der Waals surface area contributed by atoms with E-state index in [0.29, 0.717) is 0 Å². The van der Waals surface area contributed by atoms with Crippen LogP contribution >= 0.6 is 0 Å². The standard InChI is InChI=1S/C14H20FNO/c1-11-10-13(15)2-3-14(11)17-9-6-12-4-7-16-8-5-12/h2-3,10,12,16H,4-9H2,1H3. The quantitative estimate of drug-likeness (QED) is 0.869. The summed E-state index contributed by atoms with van der Waals surface area (Å²) in [5, 5.41) is 3.36. The minimum Gasteiger partial charge on any atom is -0.493 e. The van der Waals surface area contributed by atoms with E-state index in [4.69, 9.17) is 4.74 Å². The number of rotatable bonds is 4. The van der Waals surface area contributed by atoms with E-state index < -0.39 is 0 Å². The molecule has 17 heavy (non-hydrogen) atoms. The van der Waals surface area contributed by atoms with Crippen molar-refractivity contribution in [2.75, 3.05) is 19.7 Å². The lowest BCUT2D eigenvalue weighted by atomic mass is 9.95. The molecule has 1 heterocycles. The lowest BCUT2D eigenvalue weighted by molar-refractivity contribution is 0.250. The third-order valence-corrected chi connectivity index (χ3v) is 3.38. The molecule has 0 aliphatic carbocycles. The first kappa shape index (κ1) is 12.4. The molecule has 0 radical (unpaired) electrons. The van der Waals surface area contributed by atoms with Crippen molar-refractivity contribution < 1.29 is 9.13 Å². The molecule has 1 fully saturated rings. The van der Waals surface area contributed by atoms with Crippen LogP contribution in [0, 0.1) is 18.7 Å². The van der Waals surface area contributed by atoms with E-state index in [9.17, 15) is 4.39 Å². The number of halogens is 1. The normalized spacial score (nSPS) is 17.1. The van der Waals surface area contributed by atoms with E-state index in [0.717, 1.165) is 43.3 Å². The molecule has 3 heteroatoms. The van der Waals surface area contributed by atoms with Crippen molar-refractivity contribution in [3.8, 4) is 5.75 Å². The zero-order valence-electron chi connectivity index (χ0n) is 10.3. The summed E-state index contributed by atoms with van der Waals surface area (Å²) in [6, 6.07) is 4.68. The van der Waals surface area contributed by atoms with Gasteiger partial charge in [0.1, 0.15) is 11.6 Å². The second-order valence-electron chi connectivity index (χ2n) is 4.74. The van der Waals surface area contributed by atoms with E-state index >= 15 is 0 Å². The number of aryl methyl sites for hydroxylation is 1. The molecular weight excluding hydrogens is 217 g/mol. The number of hydrogen-bond donors (Lipinski definition) is 1. The van der Waals surface area contributed by atoms with E-state index in [1.807, 2.05) is 6.92 Å². The van der Waals surface area contributed by atoms with Gasteiger partial charge in [-0.1, -0.05) is 0 Å². The van der Waals surface area contributed by atoms with Crippen molar-refractivity contribution in [2.24, 2.45) is 5.92 Å². The van der Waals surface area contributed by atoms with Gasteiger partial charge in [0, 0.05) is 0 Å². The topological polar surface area (TPSA) is 21.3 Å². The van der Waals surface area contributed by atoms with Crippen LogP contribution in [0.5, 0.6) is 5.75 Å². The van der Waals surface area contributed by atoms with Gasteiger partial charge in [0.05, 0.1) is 6.61 Å². The Kier molecular flexibility index (Phi) is 4.37. The van der Waals surface area contributed by atoms with Crippen LogP contribution in [0.15, 0.2) is 18.2 Å². The summed E-state index contributed by atoms with van der Waals surface area (Å²) >= 11 is 0. The number of hydrogen-bond acceptors (Lipinski definition) is 2. The number of ether oxygens (including phenoxy) is 1. The van der Waals surface area contributed by atoms with Gasteiger partial charge in [-0.2, -0.15) is 0 Å². The maximum absolute atomic E-state index is 12.9. The summed E-state index contributed by atoms with van der Waals surface area (Å²) in [7, 11) is 0. The zero-order chi connectivity index (χ0) is 12.1. The highest BCUT2D eigenvalue weighted by molar-refractivity contribution is 5.32. The van der Waals surface area contributed by atoms with Crippen molar-refractivity contribution in [1.29, 1.82) is 0 Å². The fraction of sp³-hybridized carbons (Fsp3) is 0.571. The molecule has 2 rings (SSSR count). The smallest absolute Gasteiger partial charge is 0.123 e. The maximum atomic E-state index is 12.9. The molecule has 0 aromatic heterocycles. The number of nitrogens with one attached hydrogen (secondary N) is 1. The Hall–Kier alpha value is -1.09. The summed E-state index contributed by atoms with van der Waals surface area (Å²) in [5.41, 5.74) is 0.871. The third-order valence-electron chi connectivity index (χ3n) is 3.38. The van der Waals surface area contributed by atoms with Gasteiger partial charge in [-0.05, 0) is 69.0 Å². The SMILES string of the molecule is Cc1cc(F)ccc1OCCC1CCNCC1. The minimum atomic E-state index is -0.201. The summed E-state index contributed by atoms with van der Waals surface area (Å²) in [6.07, 6.45) is 3.58. The lowest BCUT2D eigenvalue weighted by Gasteiger charge is -2.22. The highest BCUT2D eigenvalue weighted by atomic mass is 19.1. The van der Waals surface area contributed by atoms with Crippen molar-refractivity contribution in [3.63, 3.8) is 0 Å². The van der Waals surface area contributed by atoms with E-state index in [-0.39, 0.29) is 5.82 Å². The van der Waals surface area contributed by atoms with Gasteiger partial charge < -0.3 is 10.1 Å². The molecule has 0 saturated carbocycles. The molecule has 0 spiro atoms. The van der Waals surface area contributed by atoms with Crippen LogP contribution in [0.25, 0.3) is 0 Å². The fourth-order valence-corrected chi connectivity index (χ4v) is 2.28. The van der Waals surface area contributed by atoms with Crippen LogP contribution in [-0.2, 0) is 0 Å². The van der Waals surface area contributed by atoms with Crippen molar-refractivity contribution in [2.45, 2.75) is 26.2 Å². The zero-order valence-corrected chi connectivity index (χ0v) is 10.3. The summed E-state index contributed by atoms with van der Waals surface area (Å²) < 4.78 is 18.6. The monoisotopic (exact) mass is 237 g/mol. The average Bonchev–Trinajstić information content (AvgIpc) is 2.33. The van der Waals surface area contributed by atoms with Gasteiger partial charge in [-0.15, -0.1) is 0 Å². The van der Waals surface area contributed by atoms with Gasteiger partial charge in [-0.25, -0.2) is 4.39 Å². The first-order valence-electron chi connectivity index (χ1n) is 6.35. The van der Waals surface area contributed by atoms with Crippen LogP contribution in [-0.4, -0.2) is 19.7 Å². The predicted octanol–water partition coefficient (Wildman–Crippen LogP) is 2.90. The van der Waals surface area contributed by atoms with Crippen LogP contribution in [0.1, 0.15) is 24.8 Å². The molecule has 0 amide bonds. The van der Waals surface area contributed by atoms with Crippen LogP contribution in [0.3, 0.4) is 0 Å². The predicted molar refractivity (Wildman–Crippen MR) is 66.8 cm³/mol. The molecule has 0 unspecified atom stereocenters. The second-order valence-corrected chi connectivity index (χ2v) is 4.74. The Balaban J connectivity index is 1.77.